The minimum absolute atomic E-state index is 0.0200. The molecule has 1 aliphatic heterocycles. The van der Waals surface area contributed by atoms with Gasteiger partial charge in [-0.05, 0) is 49.6 Å². The van der Waals surface area contributed by atoms with Crippen LogP contribution in [0, 0.1) is 5.82 Å². The fourth-order valence-corrected chi connectivity index (χ4v) is 4.80. The quantitative estimate of drug-likeness (QED) is 0.394. The van der Waals surface area contributed by atoms with E-state index in [-0.39, 0.29) is 33.7 Å². The second-order valence-corrected chi connectivity index (χ2v) is 8.79. The van der Waals surface area contributed by atoms with Gasteiger partial charge in [-0.25, -0.2) is 4.39 Å². The molecule has 1 amide bonds. The number of alkyl halides is 2. The molecular weight excluding hydrogens is 475 g/mol. The number of pyridine rings is 1. The third-order valence-corrected chi connectivity index (χ3v) is 6.59. The molecule has 5 rings (SSSR count). The summed E-state index contributed by atoms with van der Waals surface area (Å²) in [4.78, 5) is 28.9. The highest BCUT2D eigenvalue weighted by Crippen LogP contribution is 2.35. The van der Waals surface area contributed by atoms with Crippen LogP contribution in [-0.4, -0.2) is 46.8 Å². The lowest BCUT2D eigenvalue weighted by Crippen LogP contribution is -2.36. The SMILES string of the molecule is COc1cc2c(C(=O)N3CCCCC3)cn(-c3ccc4c(F)cn(C)c4c3)c(=O)c2cc1OC(F)F. The van der Waals surface area contributed by atoms with Crippen molar-refractivity contribution in [2.24, 2.45) is 7.05 Å². The summed E-state index contributed by atoms with van der Waals surface area (Å²) in [6.07, 6.45) is 5.56. The highest BCUT2D eigenvalue weighted by atomic mass is 19.3. The van der Waals surface area contributed by atoms with Gasteiger partial charge in [-0.3, -0.25) is 14.2 Å². The zero-order valence-electron chi connectivity index (χ0n) is 19.8. The van der Waals surface area contributed by atoms with E-state index in [9.17, 15) is 22.8 Å². The Morgan fingerprint density at radius 3 is 2.39 bits per heavy atom. The Balaban J connectivity index is 1.78. The number of piperidine rings is 1. The number of carbonyl (C=O) groups excluding carboxylic acids is 1. The van der Waals surface area contributed by atoms with Crippen molar-refractivity contribution in [1.29, 1.82) is 0 Å². The molecule has 1 aliphatic rings. The number of hydrogen-bond donors (Lipinski definition) is 0. The fraction of sp³-hybridized carbons (Fsp3) is 0.308. The predicted octanol–water partition coefficient (Wildman–Crippen LogP) is 4.86. The van der Waals surface area contributed by atoms with E-state index in [1.54, 1.807) is 34.7 Å². The summed E-state index contributed by atoms with van der Waals surface area (Å²) in [5, 5.41) is 0.681. The second kappa shape index (κ2) is 9.25. The molecule has 0 unspecified atom stereocenters. The van der Waals surface area contributed by atoms with E-state index in [0.29, 0.717) is 29.7 Å². The van der Waals surface area contributed by atoms with E-state index in [2.05, 4.69) is 4.74 Å². The zero-order chi connectivity index (χ0) is 25.6. The first-order chi connectivity index (χ1) is 17.3. The summed E-state index contributed by atoms with van der Waals surface area (Å²) in [7, 11) is 2.98. The van der Waals surface area contributed by atoms with E-state index < -0.39 is 18.0 Å². The van der Waals surface area contributed by atoms with Crippen LogP contribution in [0.15, 0.2) is 47.5 Å². The minimum Gasteiger partial charge on any atom is -0.493 e. The van der Waals surface area contributed by atoms with Gasteiger partial charge in [0.15, 0.2) is 11.5 Å². The first-order valence-corrected chi connectivity index (χ1v) is 11.5. The molecule has 0 spiro atoms. The molecule has 0 bridgehead atoms. The zero-order valence-corrected chi connectivity index (χ0v) is 19.8. The van der Waals surface area contributed by atoms with Crippen molar-refractivity contribution in [2.45, 2.75) is 25.9 Å². The maximum Gasteiger partial charge on any atom is 0.387 e. The smallest absolute Gasteiger partial charge is 0.387 e. The number of ether oxygens (including phenoxy) is 2. The highest BCUT2D eigenvalue weighted by molar-refractivity contribution is 6.07. The molecule has 188 valence electrons. The van der Waals surface area contributed by atoms with E-state index in [0.717, 1.165) is 19.3 Å². The summed E-state index contributed by atoms with van der Waals surface area (Å²) in [5.41, 5.74) is 0.635. The molecule has 3 heterocycles. The van der Waals surface area contributed by atoms with Crippen LogP contribution in [0.4, 0.5) is 13.2 Å². The van der Waals surface area contributed by atoms with Gasteiger partial charge in [-0.2, -0.15) is 8.78 Å². The normalized spacial score (nSPS) is 14.1. The third-order valence-electron chi connectivity index (χ3n) is 6.59. The Hall–Kier alpha value is -3.95. The van der Waals surface area contributed by atoms with Crippen molar-refractivity contribution in [3.05, 3.63) is 64.5 Å². The van der Waals surface area contributed by atoms with Crippen molar-refractivity contribution >= 4 is 27.6 Å². The van der Waals surface area contributed by atoms with Crippen LogP contribution in [0.2, 0.25) is 0 Å². The average molecular weight is 499 g/mol. The number of hydrogen-bond acceptors (Lipinski definition) is 4. The highest BCUT2D eigenvalue weighted by Gasteiger charge is 2.25. The monoisotopic (exact) mass is 499 g/mol. The number of amides is 1. The van der Waals surface area contributed by atoms with Crippen LogP contribution < -0.4 is 15.0 Å². The Morgan fingerprint density at radius 1 is 0.972 bits per heavy atom. The number of aryl methyl sites for hydroxylation is 1. The van der Waals surface area contributed by atoms with Gasteiger partial charge in [0.2, 0.25) is 0 Å². The van der Waals surface area contributed by atoms with Gasteiger partial charge < -0.3 is 18.9 Å². The van der Waals surface area contributed by atoms with Crippen LogP contribution in [0.5, 0.6) is 11.5 Å². The molecule has 7 nitrogen and oxygen atoms in total. The van der Waals surface area contributed by atoms with Gasteiger partial charge in [0, 0.05) is 43.3 Å². The van der Waals surface area contributed by atoms with E-state index in [1.165, 1.54) is 36.2 Å². The number of rotatable bonds is 5. The lowest BCUT2D eigenvalue weighted by molar-refractivity contribution is -0.0511. The van der Waals surface area contributed by atoms with Crippen molar-refractivity contribution in [3.8, 4) is 17.2 Å². The van der Waals surface area contributed by atoms with Crippen LogP contribution in [0.25, 0.3) is 27.4 Å². The lowest BCUT2D eigenvalue weighted by Gasteiger charge is -2.27. The van der Waals surface area contributed by atoms with E-state index >= 15 is 0 Å². The standard InChI is InChI=1S/C26H24F3N3O4/c1-30-14-20(27)16-7-6-15(10-21(16)30)32-13-19(24(33)31-8-4-3-5-9-31)17-11-22(35-2)23(36-26(28)29)12-18(17)25(32)34/h6-7,10-14,26H,3-5,8-9H2,1-2H3. The second-order valence-electron chi connectivity index (χ2n) is 8.79. The van der Waals surface area contributed by atoms with Gasteiger partial charge in [0.1, 0.15) is 5.82 Å². The van der Waals surface area contributed by atoms with Crippen molar-refractivity contribution in [1.82, 2.24) is 14.0 Å². The minimum atomic E-state index is -3.13. The molecule has 1 saturated heterocycles. The van der Waals surface area contributed by atoms with Gasteiger partial charge in [-0.1, -0.05) is 0 Å². The summed E-state index contributed by atoms with van der Waals surface area (Å²) < 4.78 is 53.0. The lowest BCUT2D eigenvalue weighted by atomic mass is 10.0. The maximum absolute atomic E-state index is 14.2. The molecule has 0 radical (unpaired) electrons. The number of carbonyl (C=O) groups is 1. The summed E-state index contributed by atoms with van der Waals surface area (Å²) >= 11 is 0. The molecule has 0 N–H and O–H groups in total. The van der Waals surface area contributed by atoms with Crippen molar-refractivity contribution < 1.29 is 27.4 Å². The number of nitrogens with zero attached hydrogens (tertiary/aromatic N) is 3. The largest absolute Gasteiger partial charge is 0.493 e. The topological polar surface area (TPSA) is 65.7 Å². The molecule has 10 heteroatoms. The van der Waals surface area contributed by atoms with E-state index in [1.807, 2.05) is 0 Å². The van der Waals surface area contributed by atoms with Crippen LogP contribution >= 0.6 is 0 Å². The summed E-state index contributed by atoms with van der Waals surface area (Å²) in [6.45, 7) is -1.97. The molecule has 2 aromatic heterocycles. The average Bonchev–Trinajstić information content (AvgIpc) is 3.16. The molecular formula is C26H24F3N3O4. The Bertz CT molecular complexity index is 1540. The molecule has 1 fully saturated rings. The van der Waals surface area contributed by atoms with Crippen LogP contribution in [-0.2, 0) is 7.05 Å². The molecule has 4 aromatic rings. The van der Waals surface area contributed by atoms with Crippen LogP contribution in [0.1, 0.15) is 29.6 Å². The summed E-state index contributed by atoms with van der Waals surface area (Å²) in [5.74, 6) is -1.00. The first-order valence-electron chi connectivity index (χ1n) is 11.5. The fourth-order valence-electron chi connectivity index (χ4n) is 4.80. The maximum atomic E-state index is 14.2. The number of halogens is 3. The molecule has 0 saturated carbocycles. The summed E-state index contributed by atoms with van der Waals surface area (Å²) in [6, 6.07) is 7.33. The number of likely N-dealkylation sites (tertiary alicyclic amines) is 1. The Kier molecular flexibility index (Phi) is 6.11. The molecule has 0 aliphatic carbocycles. The van der Waals surface area contributed by atoms with Gasteiger partial charge in [0.05, 0.1) is 29.3 Å². The number of fused-ring (bicyclic) bond motifs is 2. The molecule has 36 heavy (non-hydrogen) atoms. The van der Waals surface area contributed by atoms with Crippen LogP contribution in [0.3, 0.4) is 0 Å². The van der Waals surface area contributed by atoms with Crippen molar-refractivity contribution in [3.63, 3.8) is 0 Å². The van der Waals surface area contributed by atoms with E-state index in [4.69, 9.17) is 4.74 Å². The molecule has 2 aromatic carbocycles. The number of aromatic nitrogens is 2. The van der Waals surface area contributed by atoms with Gasteiger partial charge >= 0.3 is 6.61 Å². The Morgan fingerprint density at radius 2 is 1.69 bits per heavy atom. The van der Waals surface area contributed by atoms with Crippen molar-refractivity contribution in [2.75, 3.05) is 20.2 Å². The molecule has 0 atom stereocenters. The first kappa shape index (κ1) is 23.8. The Labute approximate surface area is 204 Å². The number of methoxy groups -OCH3 is 1. The number of benzene rings is 2. The van der Waals surface area contributed by atoms with Gasteiger partial charge in [0.25, 0.3) is 11.5 Å². The third kappa shape index (κ3) is 4.06. The predicted molar refractivity (Wildman–Crippen MR) is 129 cm³/mol. The van der Waals surface area contributed by atoms with Gasteiger partial charge in [-0.15, -0.1) is 0 Å².